The molecule has 2 aliphatic carbocycles. The lowest BCUT2D eigenvalue weighted by atomic mass is 9.70. The van der Waals surface area contributed by atoms with Gasteiger partial charge in [0, 0.05) is 23.1 Å². The van der Waals surface area contributed by atoms with Gasteiger partial charge in [-0.15, -0.1) is 0 Å². The van der Waals surface area contributed by atoms with Gasteiger partial charge in [-0.25, -0.2) is 0 Å². The van der Waals surface area contributed by atoms with Gasteiger partial charge in [0.15, 0.2) is 0 Å². The Morgan fingerprint density at radius 3 is 2.94 bits per heavy atom. The summed E-state index contributed by atoms with van der Waals surface area (Å²) in [6.45, 7) is 0. The lowest BCUT2D eigenvalue weighted by Gasteiger charge is -2.37. The molecule has 2 aliphatic rings. The van der Waals surface area contributed by atoms with Crippen molar-refractivity contribution in [3.63, 3.8) is 0 Å². The quantitative estimate of drug-likeness (QED) is 0.664. The SMILES string of the molecule is O=C1CCC2(C=Cc3ccccc32)C(Br)C1. The molecule has 16 heavy (non-hydrogen) atoms. The second-order valence-corrected chi connectivity index (χ2v) is 5.78. The minimum absolute atomic E-state index is 0.0600. The summed E-state index contributed by atoms with van der Waals surface area (Å²) >= 11 is 3.71. The number of halogens is 1. The van der Waals surface area contributed by atoms with Crippen molar-refractivity contribution in [2.24, 2.45) is 0 Å². The predicted octanol–water partition coefficient (Wildman–Crippen LogP) is 3.47. The van der Waals surface area contributed by atoms with Crippen LogP contribution < -0.4 is 0 Å². The third-order valence-electron chi connectivity index (χ3n) is 3.81. The van der Waals surface area contributed by atoms with Crippen molar-refractivity contribution in [2.75, 3.05) is 0 Å². The molecule has 1 nitrogen and oxygen atoms in total. The van der Waals surface area contributed by atoms with Crippen LogP contribution >= 0.6 is 15.9 Å². The van der Waals surface area contributed by atoms with E-state index in [0.717, 1.165) is 6.42 Å². The molecule has 0 N–H and O–H groups in total. The van der Waals surface area contributed by atoms with Gasteiger partial charge in [-0.1, -0.05) is 52.3 Å². The Morgan fingerprint density at radius 2 is 2.12 bits per heavy atom. The van der Waals surface area contributed by atoms with E-state index in [1.54, 1.807) is 0 Å². The van der Waals surface area contributed by atoms with Crippen LogP contribution in [0, 0.1) is 0 Å². The number of carbonyl (C=O) groups is 1. The van der Waals surface area contributed by atoms with E-state index < -0.39 is 0 Å². The third-order valence-corrected chi connectivity index (χ3v) is 4.95. The summed E-state index contributed by atoms with van der Waals surface area (Å²) in [4.78, 5) is 11.7. The Hall–Kier alpha value is -0.890. The van der Waals surface area contributed by atoms with E-state index in [1.807, 2.05) is 0 Å². The molecule has 0 heterocycles. The average Bonchev–Trinajstić information content (AvgIpc) is 2.65. The second kappa shape index (κ2) is 3.56. The van der Waals surface area contributed by atoms with Gasteiger partial charge in [0.25, 0.3) is 0 Å². The van der Waals surface area contributed by atoms with E-state index in [4.69, 9.17) is 0 Å². The fraction of sp³-hybridized carbons (Fsp3) is 0.357. The molecule has 0 aromatic heterocycles. The Labute approximate surface area is 104 Å². The van der Waals surface area contributed by atoms with Crippen LogP contribution in [0.25, 0.3) is 6.08 Å². The van der Waals surface area contributed by atoms with E-state index >= 15 is 0 Å². The summed E-state index contributed by atoms with van der Waals surface area (Å²) in [6.07, 6.45) is 6.78. The number of Topliss-reactive ketones (excluding diaryl/α,β-unsaturated/α-hetero) is 1. The Kier molecular flexibility index (Phi) is 2.28. The third kappa shape index (κ3) is 1.32. The van der Waals surface area contributed by atoms with Gasteiger partial charge in [-0.05, 0) is 17.5 Å². The molecule has 3 rings (SSSR count). The molecule has 82 valence electrons. The molecule has 1 aromatic rings. The summed E-state index contributed by atoms with van der Waals surface area (Å²) in [7, 11) is 0. The topological polar surface area (TPSA) is 17.1 Å². The highest BCUT2D eigenvalue weighted by Crippen LogP contribution is 2.48. The molecule has 2 unspecified atom stereocenters. The first-order valence-corrected chi connectivity index (χ1v) is 6.58. The van der Waals surface area contributed by atoms with Crippen LogP contribution in [0.2, 0.25) is 0 Å². The second-order valence-electron chi connectivity index (χ2n) is 4.67. The zero-order valence-corrected chi connectivity index (χ0v) is 10.5. The molecule has 2 heteroatoms. The van der Waals surface area contributed by atoms with Gasteiger partial charge in [-0.2, -0.15) is 0 Å². The molecular formula is C14H13BrO. The Morgan fingerprint density at radius 1 is 1.31 bits per heavy atom. The standard InChI is InChI=1S/C14H13BrO/c15-13-9-11(16)6-8-14(13)7-5-10-3-1-2-4-12(10)14/h1-5,7,13H,6,8-9H2. The van der Waals surface area contributed by atoms with Crippen molar-refractivity contribution in [3.05, 3.63) is 41.5 Å². The van der Waals surface area contributed by atoms with Gasteiger partial charge >= 0.3 is 0 Å². The largest absolute Gasteiger partial charge is 0.300 e. The number of benzene rings is 1. The lowest BCUT2D eigenvalue weighted by Crippen LogP contribution is -2.38. The maximum absolute atomic E-state index is 11.5. The zero-order chi connectivity index (χ0) is 11.2. The maximum atomic E-state index is 11.5. The maximum Gasteiger partial charge on any atom is 0.134 e. The minimum atomic E-state index is 0.0600. The van der Waals surface area contributed by atoms with E-state index in [0.29, 0.717) is 18.6 Å². The molecule has 1 saturated carbocycles. The normalized spacial score (nSPS) is 32.1. The number of hydrogen-bond acceptors (Lipinski definition) is 1. The first-order chi connectivity index (χ1) is 7.72. The molecule has 2 atom stereocenters. The van der Waals surface area contributed by atoms with Crippen LogP contribution in [0.3, 0.4) is 0 Å². The van der Waals surface area contributed by atoms with Crippen molar-refractivity contribution in [1.82, 2.24) is 0 Å². The first kappa shape index (κ1) is 10.3. The molecule has 1 spiro atoms. The molecule has 1 fully saturated rings. The van der Waals surface area contributed by atoms with Gasteiger partial charge in [0.1, 0.15) is 5.78 Å². The molecule has 0 aliphatic heterocycles. The van der Waals surface area contributed by atoms with Gasteiger partial charge in [-0.3, -0.25) is 4.79 Å². The Balaban J connectivity index is 2.08. The first-order valence-electron chi connectivity index (χ1n) is 5.67. The number of rotatable bonds is 0. The van der Waals surface area contributed by atoms with Crippen LogP contribution in [0.5, 0.6) is 0 Å². The van der Waals surface area contributed by atoms with Gasteiger partial charge in [0.05, 0.1) is 0 Å². The Bertz CT molecular complexity index is 477. The zero-order valence-electron chi connectivity index (χ0n) is 8.95. The highest BCUT2D eigenvalue weighted by atomic mass is 79.9. The van der Waals surface area contributed by atoms with E-state index in [-0.39, 0.29) is 10.2 Å². The van der Waals surface area contributed by atoms with Crippen molar-refractivity contribution in [3.8, 4) is 0 Å². The molecule has 0 bridgehead atoms. The number of fused-ring (bicyclic) bond motifs is 2. The number of ketones is 1. The highest BCUT2D eigenvalue weighted by Gasteiger charge is 2.44. The van der Waals surface area contributed by atoms with Crippen LogP contribution in [0.1, 0.15) is 30.4 Å². The average molecular weight is 277 g/mol. The predicted molar refractivity (Wildman–Crippen MR) is 68.7 cm³/mol. The number of allylic oxidation sites excluding steroid dienone is 1. The molecule has 0 amide bonds. The summed E-state index contributed by atoms with van der Waals surface area (Å²) in [5.74, 6) is 0.380. The summed E-state index contributed by atoms with van der Waals surface area (Å²) in [5, 5.41) is 0. The summed E-state index contributed by atoms with van der Waals surface area (Å²) in [5.41, 5.74) is 2.75. The number of alkyl halides is 1. The highest BCUT2D eigenvalue weighted by molar-refractivity contribution is 9.09. The van der Waals surface area contributed by atoms with E-state index in [9.17, 15) is 4.79 Å². The summed E-state index contributed by atoms with van der Waals surface area (Å²) in [6, 6.07) is 8.50. The fourth-order valence-electron chi connectivity index (χ4n) is 2.87. The van der Waals surface area contributed by atoms with Crippen LogP contribution in [-0.2, 0) is 10.2 Å². The minimum Gasteiger partial charge on any atom is -0.300 e. The van der Waals surface area contributed by atoms with Crippen molar-refractivity contribution >= 4 is 27.8 Å². The molecular weight excluding hydrogens is 264 g/mol. The molecule has 0 radical (unpaired) electrons. The van der Waals surface area contributed by atoms with Crippen LogP contribution in [-0.4, -0.2) is 10.6 Å². The lowest BCUT2D eigenvalue weighted by molar-refractivity contribution is -0.120. The van der Waals surface area contributed by atoms with Crippen molar-refractivity contribution in [1.29, 1.82) is 0 Å². The molecule has 1 aromatic carbocycles. The molecule has 0 saturated heterocycles. The van der Waals surface area contributed by atoms with Gasteiger partial charge in [0.2, 0.25) is 0 Å². The van der Waals surface area contributed by atoms with Crippen LogP contribution in [0.15, 0.2) is 30.3 Å². The van der Waals surface area contributed by atoms with Crippen molar-refractivity contribution < 1.29 is 4.79 Å². The monoisotopic (exact) mass is 276 g/mol. The van der Waals surface area contributed by atoms with E-state index in [1.165, 1.54) is 11.1 Å². The number of hydrogen-bond donors (Lipinski definition) is 0. The van der Waals surface area contributed by atoms with Crippen LogP contribution in [0.4, 0.5) is 0 Å². The number of carbonyl (C=O) groups excluding carboxylic acids is 1. The van der Waals surface area contributed by atoms with Gasteiger partial charge < -0.3 is 0 Å². The van der Waals surface area contributed by atoms with E-state index in [2.05, 4.69) is 52.3 Å². The summed E-state index contributed by atoms with van der Waals surface area (Å²) < 4.78 is 0. The smallest absolute Gasteiger partial charge is 0.134 e. The van der Waals surface area contributed by atoms with Crippen molar-refractivity contribution in [2.45, 2.75) is 29.5 Å². The fourth-order valence-corrected chi connectivity index (χ4v) is 3.86.